The Hall–Kier alpha value is -1.87. The highest BCUT2D eigenvalue weighted by Gasteiger charge is 2.52. The van der Waals surface area contributed by atoms with E-state index in [0.29, 0.717) is 25.8 Å². The van der Waals surface area contributed by atoms with Crippen LogP contribution in [0.5, 0.6) is 0 Å². The number of esters is 2. The van der Waals surface area contributed by atoms with Gasteiger partial charge in [-0.1, -0.05) is 30.3 Å². The summed E-state index contributed by atoms with van der Waals surface area (Å²) < 4.78 is 10.4. The molecular weight excluding hydrogens is 534 g/mol. The highest BCUT2D eigenvalue weighted by atomic mass is 32.2. The summed E-state index contributed by atoms with van der Waals surface area (Å²) in [6.45, 7) is 4.05. The molecule has 3 atom stereocenters. The van der Waals surface area contributed by atoms with Crippen molar-refractivity contribution in [2.75, 3.05) is 37.9 Å². The molecule has 0 radical (unpaired) electrons. The van der Waals surface area contributed by atoms with Crippen molar-refractivity contribution in [3.05, 3.63) is 35.9 Å². The zero-order valence-corrected chi connectivity index (χ0v) is 23.4. The molecule has 0 aliphatic carbocycles. The largest absolute Gasteiger partial charge is 0.465 e. The molecule has 1 spiro atoms. The molecule has 2 aliphatic heterocycles. The number of likely N-dealkylation sites (tertiary alicyclic amines) is 1. The molecule has 1 amide bonds. The molecule has 11 nitrogen and oxygen atoms in total. The summed E-state index contributed by atoms with van der Waals surface area (Å²) in [5.41, 5.74) is 1.08. The average Bonchev–Trinajstić information content (AvgIpc) is 3.52. The summed E-state index contributed by atoms with van der Waals surface area (Å²) in [4.78, 5) is 45.4. The second-order valence-electron chi connectivity index (χ2n) is 9.12. The maximum absolute atomic E-state index is 13.6. The van der Waals surface area contributed by atoms with Crippen LogP contribution < -0.4 is 5.32 Å². The van der Waals surface area contributed by atoms with Crippen LogP contribution in [-0.4, -0.2) is 98.6 Å². The Morgan fingerprint density at radius 2 is 1.87 bits per heavy atom. The monoisotopic (exact) mass is 571 g/mol. The maximum atomic E-state index is 13.6. The number of thioether (sulfide) groups is 2. The quantitative estimate of drug-likeness (QED) is 0.172. The fourth-order valence-electron chi connectivity index (χ4n) is 4.55. The van der Waals surface area contributed by atoms with Crippen LogP contribution in [0.3, 0.4) is 0 Å². The van der Waals surface area contributed by atoms with Gasteiger partial charge in [-0.2, -0.15) is 0 Å². The first kappa shape index (κ1) is 30.7. The summed E-state index contributed by atoms with van der Waals surface area (Å²) >= 11 is 3.52. The van der Waals surface area contributed by atoms with Crippen LogP contribution in [0.2, 0.25) is 0 Å². The summed E-state index contributed by atoms with van der Waals surface area (Å²) in [6, 6.07) is 7.64. The molecule has 0 saturated carbocycles. The number of nitrogens with zero attached hydrogens (tertiary/aromatic N) is 2. The molecule has 3 rings (SSSR count). The van der Waals surface area contributed by atoms with Crippen LogP contribution in [0.4, 0.5) is 0 Å². The van der Waals surface area contributed by atoms with Gasteiger partial charge in [-0.3, -0.25) is 30.2 Å². The molecule has 38 heavy (non-hydrogen) atoms. The van der Waals surface area contributed by atoms with Crippen molar-refractivity contribution in [3.8, 4) is 0 Å². The van der Waals surface area contributed by atoms with E-state index < -0.39 is 35.5 Å². The fraction of sp³-hybridized carbons (Fsp3) is 0.640. The number of hydrogen-bond acceptors (Lipinski definition) is 12. The Bertz CT molecular complexity index is 917. The van der Waals surface area contributed by atoms with Gasteiger partial charge in [0.15, 0.2) is 0 Å². The lowest BCUT2D eigenvalue weighted by Gasteiger charge is -2.29. The molecule has 0 bridgehead atoms. The number of aryl methyl sites for hydroxylation is 1. The number of hydrogen-bond donors (Lipinski definition) is 3. The normalized spacial score (nSPS) is 20.0. The summed E-state index contributed by atoms with van der Waals surface area (Å²) in [5.74, 6) is 0.702. The van der Waals surface area contributed by atoms with Crippen molar-refractivity contribution in [1.82, 2.24) is 15.6 Å². The van der Waals surface area contributed by atoms with Gasteiger partial charge in [0, 0.05) is 30.9 Å². The van der Waals surface area contributed by atoms with Crippen LogP contribution in [0.25, 0.3) is 0 Å². The zero-order valence-electron chi connectivity index (χ0n) is 21.7. The van der Waals surface area contributed by atoms with E-state index in [1.165, 1.54) is 0 Å². The van der Waals surface area contributed by atoms with Crippen LogP contribution in [-0.2, 0) is 35.1 Å². The maximum Gasteiger partial charge on any atom is 0.328 e. The number of amides is 1. The molecular formula is C25H37N3O8S2. The highest BCUT2D eigenvalue weighted by molar-refractivity contribution is 8.21. The molecule has 3 N–H and O–H groups in total. The van der Waals surface area contributed by atoms with E-state index in [2.05, 4.69) is 10.2 Å². The third-order valence-electron chi connectivity index (χ3n) is 6.36. The Morgan fingerprint density at radius 3 is 2.53 bits per heavy atom. The molecule has 3 unspecified atom stereocenters. The molecule has 0 aromatic heterocycles. The molecule has 2 aliphatic rings. The minimum absolute atomic E-state index is 0.0106. The third-order valence-corrected chi connectivity index (χ3v) is 9.78. The van der Waals surface area contributed by atoms with Gasteiger partial charge in [-0.25, -0.2) is 4.79 Å². The van der Waals surface area contributed by atoms with Crippen molar-refractivity contribution < 1.29 is 39.1 Å². The first-order valence-corrected chi connectivity index (χ1v) is 14.7. The van der Waals surface area contributed by atoms with Crippen LogP contribution in [0, 0.1) is 0 Å². The van der Waals surface area contributed by atoms with Crippen LogP contribution >= 0.6 is 23.5 Å². The standard InChI is InChI=1S/C25H37N3O8S2/c1-3-34-23(30)20(11-10-19-8-5-4-6-9-19)26-18(2)22(29)27-17-25(37-14-15-38-25)16-21(27)24(31)35-12-7-13-36-28(32)33/h4-6,8-9,18,20-21,26,32-33H,3,7,10-17H2,1-2H3. The van der Waals surface area contributed by atoms with Crippen LogP contribution in [0.15, 0.2) is 30.3 Å². The number of ether oxygens (including phenoxy) is 2. The van der Waals surface area contributed by atoms with Gasteiger partial charge < -0.3 is 14.4 Å². The molecule has 212 valence electrons. The third kappa shape index (κ3) is 8.83. The second kappa shape index (κ2) is 15.1. The highest BCUT2D eigenvalue weighted by Crippen LogP contribution is 2.52. The van der Waals surface area contributed by atoms with Crippen molar-refractivity contribution >= 4 is 41.4 Å². The predicted molar refractivity (Wildman–Crippen MR) is 142 cm³/mol. The molecule has 1 aromatic rings. The number of carbonyl (C=O) groups is 3. The second-order valence-corrected chi connectivity index (χ2v) is 12.3. The summed E-state index contributed by atoms with van der Waals surface area (Å²) in [7, 11) is 0. The lowest BCUT2D eigenvalue weighted by Crippen LogP contribution is -2.53. The minimum atomic E-state index is -0.747. The van der Waals surface area contributed by atoms with E-state index in [0.717, 1.165) is 17.1 Å². The van der Waals surface area contributed by atoms with Gasteiger partial charge in [0.2, 0.25) is 5.91 Å². The van der Waals surface area contributed by atoms with E-state index in [-0.39, 0.29) is 36.2 Å². The van der Waals surface area contributed by atoms with Gasteiger partial charge in [0.25, 0.3) is 0 Å². The summed E-state index contributed by atoms with van der Waals surface area (Å²) in [6.07, 6.45) is 1.83. The van der Waals surface area contributed by atoms with Gasteiger partial charge >= 0.3 is 11.9 Å². The number of rotatable bonds is 14. The SMILES string of the molecule is CCOC(=O)C(CCc1ccccc1)NC(C)C(=O)N1CC2(CC1C(=O)OCCCON(O)O)SCCS2. The predicted octanol–water partition coefficient (Wildman–Crippen LogP) is 2.25. The first-order chi connectivity index (χ1) is 18.2. The van der Waals surface area contributed by atoms with Crippen LogP contribution in [0.1, 0.15) is 38.7 Å². The molecule has 2 fully saturated rings. The van der Waals surface area contributed by atoms with Gasteiger partial charge in [-0.05, 0) is 32.3 Å². The summed E-state index contributed by atoms with van der Waals surface area (Å²) in [5, 5.41) is 19.9. The molecule has 2 heterocycles. The van der Waals surface area contributed by atoms with E-state index in [1.807, 2.05) is 30.3 Å². The van der Waals surface area contributed by atoms with E-state index in [1.54, 1.807) is 42.3 Å². The Labute approximate surface area is 231 Å². The van der Waals surface area contributed by atoms with E-state index >= 15 is 0 Å². The Balaban J connectivity index is 1.65. The minimum Gasteiger partial charge on any atom is -0.465 e. The van der Waals surface area contributed by atoms with E-state index in [4.69, 9.17) is 19.9 Å². The van der Waals surface area contributed by atoms with Crippen molar-refractivity contribution in [1.29, 1.82) is 0 Å². The number of carbonyl (C=O) groups excluding carboxylic acids is 3. The van der Waals surface area contributed by atoms with Gasteiger partial charge in [0.05, 0.1) is 35.3 Å². The number of nitrogens with one attached hydrogen (secondary N) is 1. The first-order valence-electron chi connectivity index (χ1n) is 12.8. The topological polar surface area (TPSA) is 138 Å². The fourth-order valence-corrected chi connectivity index (χ4v) is 7.81. The Morgan fingerprint density at radius 1 is 1.16 bits per heavy atom. The van der Waals surface area contributed by atoms with Gasteiger partial charge in [-0.15, -0.1) is 23.5 Å². The van der Waals surface area contributed by atoms with Crippen molar-refractivity contribution in [2.24, 2.45) is 0 Å². The Kier molecular flexibility index (Phi) is 12.2. The lowest BCUT2D eigenvalue weighted by atomic mass is 10.0. The average molecular weight is 572 g/mol. The number of benzene rings is 1. The molecule has 2 saturated heterocycles. The van der Waals surface area contributed by atoms with Crippen molar-refractivity contribution in [3.63, 3.8) is 0 Å². The lowest BCUT2D eigenvalue weighted by molar-refractivity contribution is -0.492. The smallest absolute Gasteiger partial charge is 0.328 e. The van der Waals surface area contributed by atoms with Crippen molar-refractivity contribution in [2.45, 2.75) is 61.7 Å². The molecule has 13 heteroatoms. The van der Waals surface area contributed by atoms with E-state index in [9.17, 15) is 14.4 Å². The van der Waals surface area contributed by atoms with Gasteiger partial charge in [0.1, 0.15) is 12.1 Å². The zero-order chi connectivity index (χ0) is 27.5. The molecule has 1 aromatic carbocycles.